The van der Waals surface area contributed by atoms with Crippen LogP contribution in [0.15, 0.2) is 46.9 Å². The lowest BCUT2D eigenvalue weighted by Crippen LogP contribution is -2.32. The number of alkyl halides is 1. The molecule has 0 fully saturated rings. The molecule has 0 spiro atoms. The summed E-state index contributed by atoms with van der Waals surface area (Å²) in [6, 6.07) is 13.8. The van der Waals surface area contributed by atoms with Gasteiger partial charge in [-0.2, -0.15) is 0 Å². The molecule has 0 saturated carbocycles. The summed E-state index contributed by atoms with van der Waals surface area (Å²) in [6.07, 6.45) is 1.80. The second-order valence-electron chi connectivity index (χ2n) is 6.34. The van der Waals surface area contributed by atoms with Crippen molar-refractivity contribution >= 4 is 49.1 Å². The molecule has 0 aliphatic carbocycles. The van der Waals surface area contributed by atoms with Crippen LogP contribution in [0.3, 0.4) is 0 Å². The van der Waals surface area contributed by atoms with Gasteiger partial charge in [0.25, 0.3) is 5.91 Å². The normalized spacial score (nSPS) is 16.4. The molecule has 1 N–H and O–H groups in total. The number of ether oxygens (including phenoxy) is 1. The van der Waals surface area contributed by atoms with E-state index >= 15 is 0 Å². The van der Waals surface area contributed by atoms with Crippen LogP contribution in [0.1, 0.15) is 30.1 Å². The molecule has 1 heterocycles. The van der Waals surface area contributed by atoms with E-state index in [9.17, 15) is 4.79 Å². The Morgan fingerprint density at radius 1 is 1.31 bits per heavy atom. The fourth-order valence-corrected chi connectivity index (χ4v) is 3.55. The third-order valence-corrected chi connectivity index (χ3v) is 5.56. The van der Waals surface area contributed by atoms with Crippen LogP contribution in [0.25, 0.3) is 0 Å². The van der Waals surface area contributed by atoms with Gasteiger partial charge in [0.2, 0.25) is 0 Å². The Hall–Kier alpha value is -1.53. The molecule has 1 atom stereocenters. The van der Waals surface area contributed by atoms with Crippen LogP contribution in [-0.4, -0.2) is 30.4 Å². The lowest BCUT2D eigenvalue weighted by Gasteiger charge is -2.23. The minimum absolute atomic E-state index is 0.00816. The maximum atomic E-state index is 13.2. The Labute approximate surface area is 171 Å². The SMILES string of the molecule is C[C@H]1CCN(C(=O)c2ccc(Br)c(OCCCBr)c2)c2ccccc2N1. The zero-order valence-electron chi connectivity index (χ0n) is 14.7. The van der Waals surface area contributed by atoms with Gasteiger partial charge in [-0.05, 0) is 66.0 Å². The van der Waals surface area contributed by atoms with E-state index in [2.05, 4.69) is 44.1 Å². The van der Waals surface area contributed by atoms with Gasteiger partial charge in [-0.25, -0.2) is 0 Å². The second kappa shape index (κ2) is 8.91. The highest BCUT2D eigenvalue weighted by atomic mass is 79.9. The topological polar surface area (TPSA) is 41.6 Å². The van der Waals surface area contributed by atoms with Gasteiger partial charge in [0.1, 0.15) is 5.75 Å². The first-order valence-electron chi connectivity index (χ1n) is 8.76. The molecule has 1 aliphatic rings. The van der Waals surface area contributed by atoms with Crippen molar-refractivity contribution in [3.05, 3.63) is 52.5 Å². The number of anilines is 2. The quantitative estimate of drug-likeness (QED) is 0.455. The van der Waals surface area contributed by atoms with Gasteiger partial charge < -0.3 is 15.0 Å². The zero-order chi connectivity index (χ0) is 18.5. The number of benzene rings is 2. The van der Waals surface area contributed by atoms with E-state index in [1.54, 1.807) is 0 Å². The molecule has 0 bridgehead atoms. The van der Waals surface area contributed by atoms with Crippen LogP contribution >= 0.6 is 31.9 Å². The van der Waals surface area contributed by atoms with E-state index in [1.165, 1.54) is 0 Å². The molecule has 0 saturated heterocycles. The number of carbonyl (C=O) groups is 1. The molecule has 0 unspecified atom stereocenters. The number of amides is 1. The van der Waals surface area contributed by atoms with Crippen molar-refractivity contribution in [1.29, 1.82) is 0 Å². The van der Waals surface area contributed by atoms with E-state index in [4.69, 9.17) is 4.74 Å². The third kappa shape index (κ3) is 4.41. The first-order chi connectivity index (χ1) is 12.6. The largest absolute Gasteiger partial charge is 0.492 e. The minimum atomic E-state index is -0.00816. The molecular formula is C20H22Br2N2O2. The zero-order valence-corrected chi connectivity index (χ0v) is 17.8. The molecule has 2 aromatic rings. The van der Waals surface area contributed by atoms with Crippen molar-refractivity contribution < 1.29 is 9.53 Å². The molecule has 0 aromatic heterocycles. The van der Waals surface area contributed by atoms with Crippen molar-refractivity contribution in [3.63, 3.8) is 0 Å². The van der Waals surface area contributed by atoms with Crippen LogP contribution in [0.5, 0.6) is 5.75 Å². The van der Waals surface area contributed by atoms with Crippen LogP contribution < -0.4 is 15.0 Å². The Kier molecular flexibility index (Phi) is 6.59. The maximum Gasteiger partial charge on any atom is 0.258 e. The smallest absolute Gasteiger partial charge is 0.258 e. The van der Waals surface area contributed by atoms with Crippen molar-refractivity contribution in [2.24, 2.45) is 0 Å². The highest BCUT2D eigenvalue weighted by molar-refractivity contribution is 9.10. The summed E-state index contributed by atoms with van der Waals surface area (Å²) in [5, 5.41) is 4.37. The number of rotatable bonds is 5. The third-order valence-electron chi connectivity index (χ3n) is 4.34. The van der Waals surface area contributed by atoms with Crippen LogP contribution in [0, 0.1) is 0 Å². The van der Waals surface area contributed by atoms with Gasteiger partial charge in [-0.15, -0.1) is 0 Å². The lowest BCUT2D eigenvalue weighted by atomic mass is 10.1. The molecule has 26 heavy (non-hydrogen) atoms. The average Bonchev–Trinajstić information content (AvgIpc) is 2.81. The summed E-state index contributed by atoms with van der Waals surface area (Å²) < 4.78 is 6.66. The Morgan fingerprint density at radius 2 is 2.12 bits per heavy atom. The van der Waals surface area contributed by atoms with E-state index in [0.29, 0.717) is 30.5 Å². The second-order valence-corrected chi connectivity index (χ2v) is 7.99. The van der Waals surface area contributed by atoms with Gasteiger partial charge in [0.05, 0.1) is 22.5 Å². The molecule has 2 aromatic carbocycles. The van der Waals surface area contributed by atoms with E-state index in [-0.39, 0.29) is 5.91 Å². The number of hydrogen-bond acceptors (Lipinski definition) is 3. The van der Waals surface area contributed by atoms with Crippen molar-refractivity contribution in [1.82, 2.24) is 0 Å². The lowest BCUT2D eigenvalue weighted by molar-refractivity contribution is 0.0986. The Balaban J connectivity index is 1.88. The standard InChI is InChI=1S/C20H22Br2N2O2/c1-14-9-11-24(18-6-3-2-5-17(18)23-14)20(25)15-7-8-16(22)19(13-15)26-12-4-10-21/h2-3,5-8,13-14,23H,4,9-12H2,1H3/t14-/m0/s1. The molecule has 3 rings (SSSR count). The molecule has 138 valence electrons. The van der Waals surface area contributed by atoms with Gasteiger partial charge in [0, 0.05) is 23.5 Å². The molecule has 1 aliphatic heterocycles. The number of nitrogens with zero attached hydrogens (tertiary/aromatic N) is 1. The predicted molar refractivity (Wildman–Crippen MR) is 114 cm³/mol. The van der Waals surface area contributed by atoms with Gasteiger partial charge in [0.15, 0.2) is 0 Å². The van der Waals surface area contributed by atoms with Gasteiger partial charge in [-0.1, -0.05) is 28.1 Å². The summed E-state index contributed by atoms with van der Waals surface area (Å²) in [4.78, 5) is 15.1. The summed E-state index contributed by atoms with van der Waals surface area (Å²) in [6.45, 7) is 3.43. The van der Waals surface area contributed by atoms with E-state index in [1.807, 2.05) is 47.4 Å². The fraction of sp³-hybridized carbons (Fsp3) is 0.350. The predicted octanol–water partition coefficient (Wildman–Crippen LogP) is 5.46. The molecule has 1 amide bonds. The summed E-state index contributed by atoms with van der Waals surface area (Å²) in [7, 11) is 0. The van der Waals surface area contributed by atoms with Crippen molar-refractivity contribution in [2.75, 3.05) is 28.7 Å². The summed E-state index contributed by atoms with van der Waals surface area (Å²) in [5.74, 6) is 0.692. The first-order valence-corrected chi connectivity index (χ1v) is 10.7. The van der Waals surface area contributed by atoms with Gasteiger partial charge in [-0.3, -0.25) is 4.79 Å². The van der Waals surface area contributed by atoms with Crippen LogP contribution in [0.4, 0.5) is 11.4 Å². The Bertz CT molecular complexity index is 782. The molecular weight excluding hydrogens is 460 g/mol. The maximum absolute atomic E-state index is 13.2. The number of fused-ring (bicyclic) bond motifs is 1. The molecule has 6 heteroatoms. The average molecular weight is 482 g/mol. The first kappa shape index (κ1) is 19.2. The van der Waals surface area contributed by atoms with Crippen LogP contribution in [-0.2, 0) is 0 Å². The van der Waals surface area contributed by atoms with E-state index in [0.717, 1.165) is 34.0 Å². The number of para-hydroxylation sites is 2. The monoisotopic (exact) mass is 480 g/mol. The van der Waals surface area contributed by atoms with Gasteiger partial charge >= 0.3 is 0 Å². The Morgan fingerprint density at radius 3 is 2.92 bits per heavy atom. The summed E-state index contributed by atoms with van der Waals surface area (Å²) >= 11 is 6.90. The number of hydrogen-bond donors (Lipinski definition) is 1. The number of halogens is 2. The fourth-order valence-electron chi connectivity index (χ4n) is 2.96. The number of nitrogens with one attached hydrogen (secondary N) is 1. The minimum Gasteiger partial charge on any atom is -0.492 e. The highest BCUT2D eigenvalue weighted by Crippen LogP contribution is 2.32. The number of carbonyl (C=O) groups excluding carboxylic acids is 1. The van der Waals surface area contributed by atoms with Crippen molar-refractivity contribution in [3.8, 4) is 5.75 Å². The summed E-state index contributed by atoms with van der Waals surface area (Å²) in [5.41, 5.74) is 2.55. The highest BCUT2D eigenvalue weighted by Gasteiger charge is 2.24. The van der Waals surface area contributed by atoms with E-state index < -0.39 is 0 Å². The molecule has 4 nitrogen and oxygen atoms in total. The van der Waals surface area contributed by atoms with Crippen molar-refractivity contribution in [2.45, 2.75) is 25.8 Å². The molecule has 0 radical (unpaired) electrons. The van der Waals surface area contributed by atoms with Crippen LogP contribution in [0.2, 0.25) is 0 Å².